The van der Waals surface area contributed by atoms with Gasteiger partial charge in [0.15, 0.2) is 16.1 Å². The van der Waals surface area contributed by atoms with Crippen LogP contribution in [-0.2, 0) is 0 Å². The van der Waals surface area contributed by atoms with Crippen LogP contribution in [0.2, 0.25) is 10.3 Å². The van der Waals surface area contributed by atoms with E-state index in [9.17, 15) is 13.6 Å². The molecule has 0 radical (unpaired) electrons. The molecule has 2 aromatic rings. The second-order valence-electron chi connectivity index (χ2n) is 3.64. The fourth-order valence-corrected chi connectivity index (χ4v) is 1.81. The van der Waals surface area contributed by atoms with E-state index in [2.05, 4.69) is 15.3 Å². The van der Waals surface area contributed by atoms with Crippen molar-refractivity contribution in [2.45, 2.75) is 0 Å². The third-order valence-electron chi connectivity index (χ3n) is 2.30. The molecule has 0 atom stereocenters. The maximum atomic E-state index is 13.7. The lowest BCUT2D eigenvalue weighted by molar-refractivity contribution is 0.102. The highest BCUT2D eigenvalue weighted by Gasteiger charge is 2.19. The Balaban J connectivity index is 2.39. The molecule has 0 fully saturated rings. The van der Waals surface area contributed by atoms with Crippen molar-refractivity contribution in [3.8, 4) is 0 Å². The minimum absolute atomic E-state index is 0.108. The van der Waals surface area contributed by atoms with Crippen LogP contribution in [0.1, 0.15) is 10.4 Å². The SMILES string of the molecule is Nc1cc(F)cc(C(=O)Nc2c(Cl)ncnc2Cl)c1F. The highest BCUT2D eigenvalue weighted by Crippen LogP contribution is 2.27. The summed E-state index contributed by atoms with van der Waals surface area (Å²) in [7, 11) is 0. The predicted molar refractivity (Wildman–Crippen MR) is 70.8 cm³/mol. The van der Waals surface area contributed by atoms with Gasteiger partial charge in [-0.15, -0.1) is 0 Å². The van der Waals surface area contributed by atoms with Gasteiger partial charge in [-0.25, -0.2) is 18.7 Å². The van der Waals surface area contributed by atoms with Gasteiger partial charge in [-0.3, -0.25) is 4.79 Å². The summed E-state index contributed by atoms with van der Waals surface area (Å²) in [5.74, 6) is -2.88. The highest BCUT2D eigenvalue weighted by molar-refractivity contribution is 6.38. The van der Waals surface area contributed by atoms with Gasteiger partial charge < -0.3 is 11.1 Å². The number of nitrogens with zero attached hydrogens (tertiary/aromatic N) is 2. The van der Waals surface area contributed by atoms with Crippen LogP contribution < -0.4 is 11.1 Å². The lowest BCUT2D eigenvalue weighted by Crippen LogP contribution is -2.16. The lowest BCUT2D eigenvalue weighted by atomic mass is 10.1. The number of anilines is 2. The van der Waals surface area contributed by atoms with Crippen LogP contribution in [-0.4, -0.2) is 15.9 Å². The zero-order valence-electron chi connectivity index (χ0n) is 9.62. The summed E-state index contributed by atoms with van der Waals surface area (Å²) in [5.41, 5.74) is 4.06. The fourth-order valence-electron chi connectivity index (χ4n) is 1.40. The maximum absolute atomic E-state index is 13.7. The Bertz CT molecular complexity index is 676. The first kappa shape index (κ1) is 14.4. The van der Waals surface area contributed by atoms with Gasteiger partial charge in [0.1, 0.15) is 17.8 Å². The molecule has 9 heteroatoms. The molecule has 5 nitrogen and oxygen atoms in total. The topological polar surface area (TPSA) is 80.9 Å². The molecule has 2 rings (SSSR count). The Morgan fingerprint density at radius 1 is 1.20 bits per heavy atom. The Morgan fingerprint density at radius 3 is 2.40 bits per heavy atom. The monoisotopic (exact) mass is 318 g/mol. The van der Waals surface area contributed by atoms with Crippen molar-refractivity contribution in [2.75, 3.05) is 11.1 Å². The molecule has 0 spiro atoms. The zero-order valence-corrected chi connectivity index (χ0v) is 11.1. The number of nitrogens with one attached hydrogen (secondary N) is 1. The van der Waals surface area contributed by atoms with Gasteiger partial charge in [-0.1, -0.05) is 23.2 Å². The molecule has 104 valence electrons. The van der Waals surface area contributed by atoms with Crippen molar-refractivity contribution >= 4 is 40.5 Å². The quantitative estimate of drug-likeness (QED) is 0.659. The Morgan fingerprint density at radius 2 is 1.80 bits per heavy atom. The van der Waals surface area contributed by atoms with Gasteiger partial charge >= 0.3 is 0 Å². The minimum Gasteiger partial charge on any atom is -0.396 e. The maximum Gasteiger partial charge on any atom is 0.258 e. The Kier molecular flexibility index (Phi) is 4.01. The van der Waals surface area contributed by atoms with Crippen molar-refractivity contribution < 1.29 is 13.6 Å². The van der Waals surface area contributed by atoms with Crippen molar-refractivity contribution in [1.29, 1.82) is 0 Å². The number of hydrogen-bond donors (Lipinski definition) is 2. The van der Waals surface area contributed by atoms with E-state index in [1.165, 1.54) is 0 Å². The summed E-state index contributed by atoms with van der Waals surface area (Å²) in [5, 5.41) is 1.93. The van der Waals surface area contributed by atoms with Gasteiger partial charge in [0.05, 0.1) is 11.3 Å². The van der Waals surface area contributed by atoms with Crippen LogP contribution in [0.4, 0.5) is 20.2 Å². The van der Waals surface area contributed by atoms with Gasteiger partial charge in [-0.2, -0.15) is 0 Å². The van der Waals surface area contributed by atoms with Gasteiger partial charge in [0, 0.05) is 0 Å². The highest BCUT2D eigenvalue weighted by atomic mass is 35.5. The first-order valence-electron chi connectivity index (χ1n) is 5.12. The van der Waals surface area contributed by atoms with Gasteiger partial charge in [-0.05, 0) is 12.1 Å². The summed E-state index contributed by atoms with van der Waals surface area (Å²) in [6.07, 6.45) is 1.08. The largest absolute Gasteiger partial charge is 0.396 e. The summed E-state index contributed by atoms with van der Waals surface area (Å²) < 4.78 is 26.8. The third kappa shape index (κ3) is 2.78. The van der Waals surface area contributed by atoms with Crippen LogP contribution in [0.5, 0.6) is 0 Å². The second-order valence-corrected chi connectivity index (χ2v) is 4.36. The number of hydrogen-bond acceptors (Lipinski definition) is 4. The Hall–Kier alpha value is -1.99. The summed E-state index contributed by atoms with van der Waals surface area (Å²) >= 11 is 11.4. The smallest absolute Gasteiger partial charge is 0.258 e. The third-order valence-corrected chi connectivity index (χ3v) is 2.88. The number of carbonyl (C=O) groups excluding carboxylic acids is 1. The van der Waals surface area contributed by atoms with Crippen LogP contribution in [0, 0.1) is 11.6 Å². The standard InChI is InChI=1S/C11H6Cl2F2N4O/c12-9-8(10(13)18-3-17-9)19-11(20)5-1-4(14)2-6(16)7(5)15/h1-3H,16H2,(H,19,20). The molecule has 0 aliphatic carbocycles. The molecule has 1 heterocycles. The van der Waals surface area contributed by atoms with Gasteiger partial charge in [0.2, 0.25) is 0 Å². The van der Waals surface area contributed by atoms with Crippen molar-refractivity contribution in [3.05, 3.63) is 46.0 Å². The molecule has 0 saturated carbocycles. The molecule has 1 aromatic heterocycles. The number of benzene rings is 1. The van der Waals surface area contributed by atoms with E-state index in [4.69, 9.17) is 28.9 Å². The lowest BCUT2D eigenvalue weighted by Gasteiger charge is -2.09. The predicted octanol–water partition coefficient (Wildman–Crippen LogP) is 2.90. The van der Waals surface area contributed by atoms with E-state index in [0.717, 1.165) is 12.4 Å². The molecule has 20 heavy (non-hydrogen) atoms. The van der Waals surface area contributed by atoms with E-state index in [1.54, 1.807) is 0 Å². The molecule has 1 aromatic carbocycles. The summed E-state index contributed by atoms with van der Waals surface area (Å²) in [4.78, 5) is 19.1. The van der Waals surface area contributed by atoms with Crippen molar-refractivity contribution in [1.82, 2.24) is 9.97 Å². The number of rotatable bonds is 2. The van der Waals surface area contributed by atoms with Crippen LogP contribution in [0.3, 0.4) is 0 Å². The zero-order chi connectivity index (χ0) is 14.9. The molecule has 0 saturated heterocycles. The molecular formula is C11H6Cl2F2N4O. The van der Waals surface area contributed by atoms with E-state index in [-0.39, 0.29) is 16.0 Å². The van der Waals surface area contributed by atoms with Crippen LogP contribution >= 0.6 is 23.2 Å². The molecular weight excluding hydrogens is 313 g/mol. The normalized spacial score (nSPS) is 10.4. The fraction of sp³-hybridized carbons (Fsp3) is 0. The number of aromatic nitrogens is 2. The average molecular weight is 319 g/mol. The number of carbonyl (C=O) groups is 1. The van der Waals surface area contributed by atoms with Crippen molar-refractivity contribution in [3.63, 3.8) is 0 Å². The summed E-state index contributed by atoms with van der Waals surface area (Å²) in [6.45, 7) is 0. The van der Waals surface area contributed by atoms with Crippen LogP contribution in [0.25, 0.3) is 0 Å². The molecule has 3 N–H and O–H groups in total. The van der Waals surface area contributed by atoms with E-state index < -0.39 is 28.8 Å². The first-order chi connectivity index (χ1) is 9.40. The van der Waals surface area contributed by atoms with E-state index >= 15 is 0 Å². The molecule has 0 unspecified atom stereocenters. The molecule has 1 amide bonds. The summed E-state index contributed by atoms with van der Waals surface area (Å²) in [6, 6.07) is 1.46. The number of nitrogens with two attached hydrogens (primary N) is 1. The van der Waals surface area contributed by atoms with E-state index in [0.29, 0.717) is 6.07 Å². The van der Waals surface area contributed by atoms with E-state index in [1.807, 2.05) is 0 Å². The number of nitrogen functional groups attached to an aromatic ring is 1. The minimum atomic E-state index is -1.05. The first-order valence-corrected chi connectivity index (χ1v) is 5.87. The second kappa shape index (κ2) is 5.56. The molecule has 0 bridgehead atoms. The number of halogens is 4. The molecule has 0 aliphatic heterocycles. The van der Waals surface area contributed by atoms with Gasteiger partial charge in [0.25, 0.3) is 5.91 Å². The number of amides is 1. The molecule has 0 aliphatic rings. The van der Waals surface area contributed by atoms with Crippen molar-refractivity contribution in [2.24, 2.45) is 0 Å². The van der Waals surface area contributed by atoms with Crippen LogP contribution in [0.15, 0.2) is 18.5 Å². The Labute approximate surface area is 121 Å². The average Bonchev–Trinajstić information content (AvgIpc) is 2.38.